The van der Waals surface area contributed by atoms with E-state index in [9.17, 15) is 4.79 Å². The van der Waals surface area contributed by atoms with Crippen molar-refractivity contribution in [1.29, 1.82) is 0 Å². The number of fused-ring (bicyclic) bond motifs is 3. The summed E-state index contributed by atoms with van der Waals surface area (Å²) in [6.45, 7) is 11.8. The quantitative estimate of drug-likeness (QED) is 0.415. The average molecular weight is 478 g/mol. The Kier molecular flexibility index (Phi) is 5.92. The second-order valence-electron chi connectivity index (χ2n) is 10.0. The number of hydrogen-bond donors (Lipinski definition) is 1. The van der Waals surface area contributed by atoms with Crippen LogP contribution in [0.2, 0.25) is 28.2 Å². The van der Waals surface area contributed by atoms with Crippen molar-refractivity contribution in [3.63, 3.8) is 0 Å². The van der Waals surface area contributed by atoms with Gasteiger partial charge in [-0.25, -0.2) is 0 Å². The Labute approximate surface area is 195 Å². The highest BCUT2D eigenvalue weighted by atomic mass is 35.5. The first-order valence-corrected chi connectivity index (χ1v) is 14.5. The fraction of sp³-hybridized carbons (Fsp3) is 0.458. The van der Waals surface area contributed by atoms with Gasteiger partial charge in [-0.1, -0.05) is 44.0 Å². The van der Waals surface area contributed by atoms with Crippen molar-refractivity contribution in [3.8, 4) is 0 Å². The van der Waals surface area contributed by atoms with Gasteiger partial charge in [-0.05, 0) is 61.0 Å². The molecule has 0 saturated carbocycles. The van der Waals surface area contributed by atoms with E-state index in [1.807, 2.05) is 24.3 Å². The molecule has 2 heterocycles. The summed E-state index contributed by atoms with van der Waals surface area (Å²) in [5.41, 5.74) is 2.18. The maximum atomic E-state index is 12.3. The number of carbonyl (C=O) groups excluding carboxylic acids is 1. The molecule has 0 aliphatic carbocycles. The summed E-state index contributed by atoms with van der Waals surface area (Å²) in [4.78, 5) is 12.3. The lowest BCUT2D eigenvalue weighted by molar-refractivity contribution is -0.120. The van der Waals surface area contributed by atoms with Crippen molar-refractivity contribution in [3.05, 3.63) is 46.4 Å². The fourth-order valence-electron chi connectivity index (χ4n) is 4.23. The van der Waals surface area contributed by atoms with Crippen molar-refractivity contribution < 1.29 is 9.22 Å². The molecular formula is C24H30Cl2N2O2Si. The second-order valence-corrected chi connectivity index (χ2v) is 15.6. The smallest absolute Gasteiger partial charge is 0.220 e. The number of benzene rings is 2. The maximum Gasteiger partial charge on any atom is 0.220 e. The van der Waals surface area contributed by atoms with Crippen molar-refractivity contribution in [2.75, 3.05) is 6.54 Å². The number of carbonyl (C=O) groups is 1. The molecule has 4 rings (SSSR count). The van der Waals surface area contributed by atoms with Crippen molar-refractivity contribution in [1.82, 2.24) is 9.88 Å². The molecule has 1 unspecified atom stereocenters. The van der Waals surface area contributed by atoms with Gasteiger partial charge in [-0.2, -0.15) is 0 Å². The molecule has 7 heteroatoms. The molecule has 1 aromatic heterocycles. The molecule has 4 nitrogen and oxygen atoms in total. The van der Waals surface area contributed by atoms with E-state index in [1.165, 1.54) is 0 Å². The number of rotatable bonds is 3. The largest absolute Gasteiger partial charge is 0.410 e. The van der Waals surface area contributed by atoms with Crippen molar-refractivity contribution >= 4 is 59.2 Å². The van der Waals surface area contributed by atoms with E-state index in [0.717, 1.165) is 28.2 Å². The zero-order chi connectivity index (χ0) is 22.6. The van der Waals surface area contributed by atoms with Crippen LogP contribution < -0.4 is 5.32 Å². The third-order valence-electron chi connectivity index (χ3n) is 6.91. The lowest BCUT2D eigenvalue weighted by Crippen LogP contribution is -2.48. The zero-order valence-electron chi connectivity index (χ0n) is 18.8. The molecule has 1 saturated heterocycles. The minimum absolute atomic E-state index is 0.0235. The first-order valence-electron chi connectivity index (χ1n) is 10.8. The van der Waals surface area contributed by atoms with E-state index in [2.05, 4.69) is 55.9 Å². The Morgan fingerprint density at radius 1 is 1.03 bits per heavy atom. The van der Waals surface area contributed by atoms with Crippen molar-refractivity contribution in [2.45, 2.75) is 63.9 Å². The standard InChI is InChI=1S/C24H30Cl2N2O2Si/c1-24(2,3)31(4,5)30-22-14-27-23(29)11-10-21(22)28-19-8-6-15(25)12-17(19)18-13-16(26)7-9-20(18)28/h6-9,12-13,21-22H,10-11,14H2,1-5H3,(H,27,29)/t21-,22?/m1/s1. The molecule has 1 aliphatic rings. The van der Waals surface area contributed by atoms with Gasteiger partial charge in [0.2, 0.25) is 5.91 Å². The monoisotopic (exact) mass is 476 g/mol. The molecule has 0 bridgehead atoms. The molecule has 2 aromatic carbocycles. The molecule has 1 fully saturated rings. The van der Waals surface area contributed by atoms with Crippen LogP contribution in [0.5, 0.6) is 0 Å². The Morgan fingerprint density at radius 3 is 2.10 bits per heavy atom. The molecular weight excluding hydrogens is 447 g/mol. The summed E-state index contributed by atoms with van der Waals surface area (Å²) in [6.07, 6.45) is 1.08. The zero-order valence-corrected chi connectivity index (χ0v) is 21.3. The number of nitrogens with one attached hydrogen (secondary N) is 1. The van der Waals surface area contributed by atoms with Crippen LogP contribution in [0.1, 0.15) is 39.7 Å². The summed E-state index contributed by atoms with van der Waals surface area (Å²) in [7, 11) is -2.05. The fourth-order valence-corrected chi connectivity index (χ4v) is 5.92. The molecule has 0 radical (unpaired) electrons. The molecule has 31 heavy (non-hydrogen) atoms. The van der Waals surface area contributed by atoms with Crippen LogP contribution in [0.4, 0.5) is 0 Å². The summed E-state index contributed by atoms with van der Waals surface area (Å²) in [5.74, 6) is 0.0817. The molecule has 3 aromatic rings. The van der Waals surface area contributed by atoms with Gasteiger partial charge in [0.15, 0.2) is 8.32 Å². The Morgan fingerprint density at radius 2 is 1.58 bits per heavy atom. The SMILES string of the molecule is CC(C)(C)[Si](C)(C)OC1CNC(=O)CC[C@H]1n1c2ccc(Cl)cc2c2cc(Cl)ccc21. The van der Waals surface area contributed by atoms with Crippen LogP contribution in [0, 0.1) is 0 Å². The number of halogens is 2. The van der Waals surface area contributed by atoms with Gasteiger partial charge in [0.05, 0.1) is 12.1 Å². The van der Waals surface area contributed by atoms with E-state index in [4.69, 9.17) is 27.6 Å². The third kappa shape index (κ3) is 4.25. The lowest BCUT2D eigenvalue weighted by atomic mass is 10.1. The highest BCUT2D eigenvalue weighted by Gasteiger charge is 2.42. The van der Waals surface area contributed by atoms with Crippen LogP contribution in [0.3, 0.4) is 0 Å². The molecule has 0 spiro atoms. The van der Waals surface area contributed by atoms with Gasteiger partial charge in [-0.15, -0.1) is 0 Å². The number of amides is 1. The second kappa shape index (κ2) is 8.11. The normalized spacial score (nSPS) is 20.8. The minimum atomic E-state index is -2.05. The number of aromatic nitrogens is 1. The van der Waals surface area contributed by atoms with Gasteiger partial charge in [-0.3, -0.25) is 4.79 Å². The third-order valence-corrected chi connectivity index (χ3v) is 11.9. The Hall–Kier alpha value is -1.53. The van der Waals surface area contributed by atoms with E-state index in [-0.39, 0.29) is 23.1 Å². The van der Waals surface area contributed by atoms with Gasteiger partial charge in [0.25, 0.3) is 0 Å². The first kappa shape index (κ1) is 22.7. The van der Waals surface area contributed by atoms with Gasteiger partial charge in [0.1, 0.15) is 0 Å². The molecule has 1 aliphatic heterocycles. The highest BCUT2D eigenvalue weighted by molar-refractivity contribution is 6.74. The van der Waals surface area contributed by atoms with Gasteiger partial charge < -0.3 is 14.3 Å². The number of hydrogen-bond acceptors (Lipinski definition) is 2. The number of nitrogens with zero attached hydrogens (tertiary/aromatic N) is 1. The van der Waals surface area contributed by atoms with E-state index in [0.29, 0.717) is 23.0 Å². The Balaban J connectivity index is 1.91. The topological polar surface area (TPSA) is 43.3 Å². The van der Waals surface area contributed by atoms with Gasteiger partial charge >= 0.3 is 0 Å². The summed E-state index contributed by atoms with van der Waals surface area (Å²) < 4.78 is 9.25. The van der Waals surface area contributed by atoms with Crippen LogP contribution in [-0.4, -0.2) is 31.4 Å². The van der Waals surface area contributed by atoms with E-state index >= 15 is 0 Å². The summed E-state index contributed by atoms with van der Waals surface area (Å²) >= 11 is 12.7. The predicted molar refractivity (Wildman–Crippen MR) is 133 cm³/mol. The first-order chi connectivity index (χ1) is 14.5. The predicted octanol–water partition coefficient (Wildman–Crippen LogP) is 6.94. The van der Waals surface area contributed by atoms with Crippen LogP contribution in [0.25, 0.3) is 21.8 Å². The van der Waals surface area contributed by atoms with E-state index in [1.54, 1.807) is 0 Å². The average Bonchev–Trinajstić information content (AvgIpc) is 2.86. The van der Waals surface area contributed by atoms with Crippen LogP contribution >= 0.6 is 23.2 Å². The van der Waals surface area contributed by atoms with Crippen LogP contribution in [-0.2, 0) is 9.22 Å². The summed E-state index contributed by atoms with van der Waals surface area (Å²) in [6, 6.07) is 12.0. The molecule has 166 valence electrons. The van der Waals surface area contributed by atoms with Crippen LogP contribution in [0.15, 0.2) is 36.4 Å². The van der Waals surface area contributed by atoms with Crippen molar-refractivity contribution in [2.24, 2.45) is 0 Å². The molecule has 1 amide bonds. The highest BCUT2D eigenvalue weighted by Crippen LogP contribution is 2.42. The summed E-state index contributed by atoms with van der Waals surface area (Å²) in [5, 5.41) is 6.68. The van der Waals surface area contributed by atoms with Gasteiger partial charge in [0, 0.05) is 44.8 Å². The lowest BCUT2D eigenvalue weighted by Gasteiger charge is -2.41. The Bertz CT molecular complexity index is 1090. The molecule has 2 atom stereocenters. The minimum Gasteiger partial charge on any atom is -0.410 e. The molecule has 1 N–H and O–H groups in total. The van der Waals surface area contributed by atoms with E-state index < -0.39 is 8.32 Å². The maximum absolute atomic E-state index is 12.3.